The lowest BCUT2D eigenvalue weighted by molar-refractivity contribution is 0.665. The Bertz CT molecular complexity index is 299. The van der Waals surface area contributed by atoms with Gasteiger partial charge < -0.3 is 4.90 Å². The van der Waals surface area contributed by atoms with Crippen molar-refractivity contribution in [3.63, 3.8) is 0 Å². The molecule has 0 radical (unpaired) electrons. The molecule has 0 aliphatic rings. The Balaban J connectivity index is 2.79. The number of anilines is 1. The molecule has 0 saturated heterocycles. The van der Waals surface area contributed by atoms with Gasteiger partial charge in [-0.1, -0.05) is 15.9 Å². The van der Waals surface area contributed by atoms with Crippen LogP contribution in [0.5, 0.6) is 0 Å². The lowest BCUT2D eigenvalue weighted by Crippen LogP contribution is -2.32. The Hall–Kier alpha value is -0.570. The topological polar surface area (TPSA) is 16.1 Å². The van der Waals surface area contributed by atoms with Crippen molar-refractivity contribution in [3.05, 3.63) is 23.9 Å². The van der Waals surface area contributed by atoms with E-state index in [-0.39, 0.29) is 0 Å². The lowest BCUT2D eigenvalue weighted by atomic mass is 10.2. The summed E-state index contributed by atoms with van der Waals surface area (Å²) >= 11 is 3.47. The molecule has 0 aliphatic heterocycles. The zero-order valence-electron chi connectivity index (χ0n) is 9.70. The summed E-state index contributed by atoms with van der Waals surface area (Å²) in [4.78, 5) is 6.77. The van der Waals surface area contributed by atoms with Gasteiger partial charge in [-0.2, -0.15) is 0 Å². The Morgan fingerprint density at radius 3 is 2.73 bits per heavy atom. The van der Waals surface area contributed by atoms with Crippen LogP contribution in [-0.4, -0.2) is 22.9 Å². The molecule has 0 spiro atoms. The number of aryl methyl sites for hydroxylation is 1. The second-order valence-corrected chi connectivity index (χ2v) is 4.81. The molecule has 3 heteroatoms. The zero-order valence-corrected chi connectivity index (χ0v) is 11.3. The van der Waals surface area contributed by atoms with Gasteiger partial charge in [0, 0.05) is 24.1 Å². The molecule has 0 unspecified atom stereocenters. The van der Waals surface area contributed by atoms with Crippen molar-refractivity contribution < 1.29 is 0 Å². The third kappa shape index (κ3) is 3.82. The van der Waals surface area contributed by atoms with Crippen LogP contribution in [-0.2, 0) is 0 Å². The largest absolute Gasteiger partial charge is 0.354 e. The highest BCUT2D eigenvalue weighted by atomic mass is 79.9. The summed E-state index contributed by atoms with van der Waals surface area (Å²) in [7, 11) is 0. The minimum absolute atomic E-state index is 0.498. The molecule has 1 aromatic heterocycles. The molecule has 0 amide bonds. The van der Waals surface area contributed by atoms with E-state index in [4.69, 9.17) is 0 Å². The fraction of sp³-hybridized carbons (Fsp3) is 0.583. The van der Waals surface area contributed by atoms with Crippen LogP contribution in [0.1, 0.15) is 25.8 Å². The Morgan fingerprint density at radius 1 is 1.47 bits per heavy atom. The third-order valence-corrected chi connectivity index (χ3v) is 2.91. The number of pyridine rings is 1. The molecule has 1 heterocycles. The molecule has 0 aromatic carbocycles. The van der Waals surface area contributed by atoms with Crippen LogP contribution in [0.25, 0.3) is 0 Å². The summed E-state index contributed by atoms with van der Waals surface area (Å²) < 4.78 is 0. The molecule has 0 N–H and O–H groups in total. The second-order valence-electron chi connectivity index (χ2n) is 4.02. The van der Waals surface area contributed by atoms with Crippen LogP contribution < -0.4 is 4.90 Å². The quantitative estimate of drug-likeness (QED) is 0.763. The van der Waals surface area contributed by atoms with Crippen molar-refractivity contribution in [2.24, 2.45) is 0 Å². The highest BCUT2D eigenvalue weighted by Crippen LogP contribution is 2.15. The summed E-state index contributed by atoms with van der Waals surface area (Å²) in [5.74, 6) is 1.09. The van der Waals surface area contributed by atoms with Crippen LogP contribution in [0.2, 0.25) is 0 Å². The number of hydrogen-bond acceptors (Lipinski definition) is 2. The van der Waals surface area contributed by atoms with Crippen LogP contribution in [0, 0.1) is 6.92 Å². The first-order valence-electron chi connectivity index (χ1n) is 5.40. The maximum atomic E-state index is 4.42. The number of rotatable bonds is 5. The van der Waals surface area contributed by atoms with E-state index in [2.05, 4.69) is 52.7 Å². The van der Waals surface area contributed by atoms with Crippen molar-refractivity contribution in [2.75, 3.05) is 16.8 Å². The molecule has 0 atom stereocenters. The molecular formula is C12H19BrN2. The molecule has 0 fully saturated rings. The van der Waals surface area contributed by atoms with Gasteiger partial charge in [0.2, 0.25) is 0 Å². The minimum Gasteiger partial charge on any atom is -0.354 e. The minimum atomic E-state index is 0.498. The maximum Gasteiger partial charge on any atom is 0.128 e. The fourth-order valence-corrected chi connectivity index (χ4v) is 1.80. The molecule has 84 valence electrons. The van der Waals surface area contributed by atoms with E-state index < -0.39 is 0 Å². The van der Waals surface area contributed by atoms with Gasteiger partial charge in [-0.05, 0) is 44.9 Å². The van der Waals surface area contributed by atoms with E-state index in [1.165, 1.54) is 5.56 Å². The summed E-state index contributed by atoms with van der Waals surface area (Å²) in [6.07, 6.45) is 3.03. The van der Waals surface area contributed by atoms with Crippen LogP contribution in [0.3, 0.4) is 0 Å². The van der Waals surface area contributed by atoms with Crippen molar-refractivity contribution in [1.29, 1.82) is 0 Å². The number of alkyl halides is 1. The van der Waals surface area contributed by atoms with Crippen LogP contribution in [0.15, 0.2) is 18.3 Å². The average molecular weight is 271 g/mol. The number of aromatic nitrogens is 1. The van der Waals surface area contributed by atoms with Gasteiger partial charge in [0.15, 0.2) is 0 Å². The summed E-state index contributed by atoms with van der Waals surface area (Å²) in [5, 5.41) is 1.04. The third-order valence-electron chi connectivity index (χ3n) is 2.35. The van der Waals surface area contributed by atoms with Crippen LogP contribution in [0.4, 0.5) is 5.82 Å². The second kappa shape index (κ2) is 6.11. The fourth-order valence-electron chi connectivity index (χ4n) is 1.54. The zero-order chi connectivity index (χ0) is 11.3. The molecule has 1 aromatic rings. The van der Waals surface area contributed by atoms with E-state index in [0.717, 1.165) is 24.1 Å². The van der Waals surface area contributed by atoms with Gasteiger partial charge in [-0.3, -0.25) is 0 Å². The van der Waals surface area contributed by atoms with E-state index in [0.29, 0.717) is 6.04 Å². The highest BCUT2D eigenvalue weighted by molar-refractivity contribution is 9.09. The van der Waals surface area contributed by atoms with Crippen LogP contribution >= 0.6 is 15.9 Å². The summed E-state index contributed by atoms with van der Waals surface area (Å²) in [6, 6.07) is 4.68. The molecule has 0 aliphatic carbocycles. The molecule has 1 rings (SSSR count). The average Bonchev–Trinajstić information content (AvgIpc) is 2.18. The molecule has 2 nitrogen and oxygen atoms in total. The highest BCUT2D eigenvalue weighted by Gasteiger charge is 2.10. The van der Waals surface area contributed by atoms with E-state index in [9.17, 15) is 0 Å². The molecular weight excluding hydrogens is 252 g/mol. The van der Waals surface area contributed by atoms with E-state index in [1.54, 1.807) is 0 Å². The number of halogens is 1. The Labute approximate surface area is 101 Å². The van der Waals surface area contributed by atoms with E-state index in [1.807, 2.05) is 12.3 Å². The summed E-state index contributed by atoms with van der Waals surface area (Å²) in [6.45, 7) is 7.57. The Kier molecular flexibility index (Phi) is 5.09. The monoisotopic (exact) mass is 270 g/mol. The molecule has 0 bridgehead atoms. The smallest absolute Gasteiger partial charge is 0.128 e. The first-order chi connectivity index (χ1) is 7.15. The number of hydrogen-bond donors (Lipinski definition) is 0. The van der Waals surface area contributed by atoms with E-state index >= 15 is 0 Å². The van der Waals surface area contributed by atoms with Gasteiger partial charge in [0.1, 0.15) is 5.82 Å². The SMILES string of the molecule is Cc1ccnc(N(CCCBr)C(C)C)c1. The molecule has 15 heavy (non-hydrogen) atoms. The predicted molar refractivity (Wildman–Crippen MR) is 69.9 cm³/mol. The predicted octanol–water partition coefficient (Wildman–Crippen LogP) is 3.39. The van der Waals surface area contributed by atoms with Crippen molar-refractivity contribution in [3.8, 4) is 0 Å². The number of nitrogens with zero attached hydrogens (tertiary/aromatic N) is 2. The normalized spacial score (nSPS) is 10.7. The maximum absolute atomic E-state index is 4.42. The Morgan fingerprint density at radius 2 is 2.20 bits per heavy atom. The molecule has 0 saturated carbocycles. The van der Waals surface area contributed by atoms with Crippen molar-refractivity contribution in [1.82, 2.24) is 4.98 Å². The van der Waals surface area contributed by atoms with Crippen molar-refractivity contribution >= 4 is 21.7 Å². The van der Waals surface area contributed by atoms with Gasteiger partial charge in [0.25, 0.3) is 0 Å². The first-order valence-corrected chi connectivity index (χ1v) is 6.52. The van der Waals surface area contributed by atoms with Gasteiger partial charge in [-0.15, -0.1) is 0 Å². The van der Waals surface area contributed by atoms with Gasteiger partial charge in [0.05, 0.1) is 0 Å². The van der Waals surface area contributed by atoms with Crippen molar-refractivity contribution in [2.45, 2.75) is 33.2 Å². The van der Waals surface area contributed by atoms with Gasteiger partial charge >= 0.3 is 0 Å². The van der Waals surface area contributed by atoms with Gasteiger partial charge in [-0.25, -0.2) is 4.98 Å². The standard InChI is InChI=1S/C12H19BrN2/c1-10(2)15(8-4-6-13)12-9-11(3)5-7-14-12/h5,7,9-10H,4,6,8H2,1-3H3. The first kappa shape index (κ1) is 12.5. The summed E-state index contributed by atoms with van der Waals surface area (Å²) in [5.41, 5.74) is 1.27. The lowest BCUT2D eigenvalue weighted by Gasteiger charge is -2.27.